The SMILES string of the molecule is O=C(COC(=O)C1CCC1)c1ccc(-c2ccccc2)cc1. The Morgan fingerprint density at radius 3 is 2.14 bits per heavy atom. The molecule has 0 N–H and O–H groups in total. The molecule has 0 spiro atoms. The number of esters is 1. The molecule has 0 bridgehead atoms. The van der Waals surface area contributed by atoms with Crippen molar-refractivity contribution >= 4 is 11.8 Å². The summed E-state index contributed by atoms with van der Waals surface area (Å²) in [6, 6.07) is 17.4. The van der Waals surface area contributed by atoms with Crippen LogP contribution in [0.15, 0.2) is 54.6 Å². The Kier molecular flexibility index (Phi) is 4.33. The number of Topliss-reactive ketones (excluding diaryl/α,β-unsaturated/α-hetero) is 1. The van der Waals surface area contributed by atoms with E-state index in [9.17, 15) is 9.59 Å². The molecule has 1 fully saturated rings. The van der Waals surface area contributed by atoms with Crippen molar-refractivity contribution in [2.45, 2.75) is 19.3 Å². The smallest absolute Gasteiger partial charge is 0.309 e. The summed E-state index contributed by atoms with van der Waals surface area (Å²) in [7, 11) is 0. The number of ketones is 1. The summed E-state index contributed by atoms with van der Waals surface area (Å²) < 4.78 is 5.09. The van der Waals surface area contributed by atoms with Crippen LogP contribution in [0.2, 0.25) is 0 Å². The third kappa shape index (κ3) is 3.25. The van der Waals surface area contributed by atoms with Gasteiger partial charge in [-0.2, -0.15) is 0 Å². The fraction of sp³-hybridized carbons (Fsp3) is 0.263. The molecule has 22 heavy (non-hydrogen) atoms. The zero-order valence-electron chi connectivity index (χ0n) is 12.3. The largest absolute Gasteiger partial charge is 0.457 e. The van der Waals surface area contributed by atoms with Gasteiger partial charge in [-0.25, -0.2) is 0 Å². The first kappa shape index (κ1) is 14.5. The molecule has 0 amide bonds. The number of rotatable bonds is 5. The van der Waals surface area contributed by atoms with Crippen LogP contribution in [0.25, 0.3) is 11.1 Å². The Morgan fingerprint density at radius 1 is 0.909 bits per heavy atom. The van der Waals surface area contributed by atoms with Crippen molar-refractivity contribution < 1.29 is 14.3 Å². The van der Waals surface area contributed by atoms with Gasteiger partial charge in [0.2, 0.25) is 0 Å². The van der Waals surface area contributed by atoms with Crippen LogP contribution in [0.1, 0.15) is 29.6 Å². The first-order valence-corrected chi connectivity index (χ1v) is 7.59. The van der Waals surface area contributed by atoms with Crippen molar-refractivity contribution in [1.82, 2.24) is 0 Å². The van der Waals surface area contributed by atoms with Gasteiger partial charge in [0, 0.05) is 5.56 Å². The molecule has 3 nitrogen and oxygen atoms in total. The molecule has 0 heterocycles. The molecule has 2 aromatic rings. The molecule has 3 rings (SSSR count). The molecule has 1 saturated carbocycles. The molecule has 112 valence electrons. The van der Waals surface area contributed by atoms with Gasteiger partial charge in [-0.3, -0.25) is 9.59 Å². The standard InChI is InChI=1S/C19H18O3/c20-18(13-22-19(21)17-7-4-8-17)16-11-9-15(10-12-16)14-5-2-1-3-6-14/h1-3,5-6,9-12,17H,4,7-8,13H2. The third-order valence-corrected chi connectivity index (χ3v) is 4.10. The number of hydrogen-bond acceptors (Lipinski definition) is 3. The third-order valence-electron chi connectivity index (χ3n) is 4.10. The number of hydrogen-bond donors (Lipinski definition) is 0. The van der Waals surface area contributed by atoms with Crippen LogP contribution in [0, 0.1) is 5.92 Å². The molecule has 0 radical (unpaired) electrons. The molecule has 1 aliphatic carbocycles. The summed E-state index contributed by atoms with van der Waals surface area (Å²) in [4.78, 5) is 23.7. The summed E-state index contributed by atoms with van der Waals surface area (Å²) in [5.41, 5.74) is 2.74. The number of carbonyl (C=O) groups excluding carboxylic acids is 2. The fourth-order valence-corrected chi connectivity index (χ4v) is 2.46. The lowest BCUT2D eigenvalue weighted by Gasteiger charge is -2.22. The highest BCUT2D eigenvalue weighted by Gasteiger charge is 2.27. The van der Waals surface area contributed by atoms with Crippen LogP contribution in [0.5, 0.6) is 0 Å². The Balaban J connectivity index is 1.60. The van der Waals surface area contributed by atoms with Gasteiger partial charge < -0.3 is 4.74 Å². The maximum atomic E-state index is 12.0. The minimum absolute atomic E-state index is 0.00765. The zero-order chi connectivity index (χ0) is 15.4. The van der Waals surface area contributed by atoms with Gasteiger partial charge in [0.05, 0.1) is 5.92 Å². The highest BCUT2D eigenvalue weighted by molar-refractivity contribution is 5.98. The molecule has 2 aromatic carbocycles. The molecule has 0 aliphatic heterocycles. The van der Waals surface area contributed by atoms with E-state index in [0.717, 1.165) is 30.4 Å². The highest BCUT2D eigenvalue weighted by atomic mass is 16.5. The molecule has 0 aromatic heterocycles. The van der Waals surface area contributed by atoms with Gasteiger partial charge in [-0.1, -0.05) is 61.0 Å². The van der Waals surface area contributed by atoms with Gasteiger partial charge in [-0.05, 0) is 24.0 Å². The van der Waals surface area contributed by atoms with E-state index >= 15 is 0 Å². The van der Waals surface area contributed by atoms with E-state index in [4.69, 9.17) is 4.74 Å². The summed E-state index contributed by atoms with van der Waals surface area (Å²) >= 11 is 0. The maximum Gasteiger partial charge on any atom is 0.309 e. The lowest BCUT2D eigenvalue weighted by atomic mass is 9.86. The normalized spacial score (nSPS) is 14.2. The quantitative estimate of drug-likeness (QED) is 0.621. The van der Waals surface area contributed by atoms with Crippen LogP contribution >= 0.6 is 0 Å². The van der Waals surface area contributed by atoms with E-state index in [0.29, 0.717) is 5.56 Å². The van der Waals surface area contributed by atoms with Crippen LogP contribution in [0.4, 0.5) is 0 Å². The van der Waals surface area contributed by atoms with Crippen molar-refractivity contribution in [2.24, 2.45) is 5.92 Å². The number of carbonyl (C=O) groups is 2. The average Bonchev–Trinajstić information content (AvgIpc) is 2.52. The maximum absolute atomic E-state index is 12.0. The number of ether oxygens (including phenoxy) is 1. The van der Waals surface area contributed by atoms with Crippen molar-refractivity contribution in [1.29, 1.82) is 0 Å². The summed E-state index contributed by atoms with van der Waals surface area (Å²) in [5.74, 6) is -0.388. The predicted molar refractivity (Wildman–Crippen MR) is 84.5 cm³/mol. The van der Waals surface area contributed by atoms with Crippen molar-refractivity contribution in [3.63, 3.8) is 0 Å². The minimum atomic E-state index is -0.236. The highest BCUT2D eigenvalue weighted by Crippen LogP contribution is 2.27. The second kappa shape index (κ2) is 6.56. The van der Waals surface area contributed by atoms with E-state index < -0.39 is 0 Å². The van der Waals surface area contributed by atoms with Crippen molar-refractivity contribution in [3.8, 4) is 11.1 Å². The van der Waals surface area contributed by atoms with E-state index in [-0.39, 0.29) is 24.3 Å². The summed E-state index contributed by atoms with van der Waals surface area (Å²) in [6.45, 7) is -0.167. The van der Waals surface area contributed by atoms with Crippen molar-refractivity contribution in [2.75, 3.05) is 6.61 Å². The van der Waals surface area contributed by atoms with Gasteiger partial charge in [0.25, 0.3) is 0 Å². The lowest BCUT2D eigenvalue weighted by Crippen LogP contribution is -2.26. The van der Waals surface area contributed by atoms with E-state index in [2.05, 4.69) is 0 Å². The first-order valence-electron chi connectivity index (χ1n) is 7.59. The second-order valence-corrected chi connectivity index (χ2v) is 5.60. The van der Waals surface area contributed by atoms with E-state index in [1.807, 2.05) is 42.5 Å². The zero-order valence-corrected chi connectivity index (χ0v) is 12.3. The Bertz CT molecular complexity index is 655. The van der Waals surface area contributed by atoms with Crippen LogP contribution in [0.3, 0.4) is 0 Å². The molecule has 0 saturated heterocycles. The van der Waals surface area contributed by atoms with Crippen LogP contribution < -0.4 is 0 Å². The molecule has 1 aliphatic rings. The van der Waals surface area contributed by atoms with Gasteiger partial charge in [0.1, 0.15) is 0 Å². The monoisotopic (exact) mass is 294 g/mol. The van der Waals surface area contributed by atoms with Crippen molar-refractivity contribution in [3.05, 3.63) is 60.2 Å². The Hall–Kier alpha value is -2.42. The summed E-state index contributed by atoms with van der Waals surface area (Å²) in [5, 5.41) is 0. The molecule has 3 heteroatoms. The fourth-order valence-electron chi connectivity index (χ4n) is 2.46. The van der Waals surface area contributed by atoms with Crippen LogP contribution in [-0.2, 0) is 9.53 Å². The van der Waals surface area contributed by atoms with Gasteiger partial charge in [-0.15, -0.1) is 0 Å². The van der Waals surface area contributed by atoms with Gasteiger partial charge in [0.15, 0.2) is 12.4 Å². The van der Waals surface area contributed by atoms with E-state index in [1.54, 1.807) is 12.1 Å². The molecule has 0 atom stereocenters. The summed E-state index contributed by atoms with van der Waals surface area (Å²) in [6.07, 6.45) is 2.85. The minimum Gasteiger partial charge on any atom is -0.457 e. The molecule has 0 unspecified atom stereocenters. The first-order chi connectivity index (χ1) is 10.7. The Labute approximate surface area is 129 Å². The predicted octanol–water partition coefficient (Wildman–Crippen LogP) is 3.88. The van der Waals surface area contributed by atoms with E-state index in [1.165, 1.54) is 0 Å². The second-order valence-electron chi connectivity index (χ2n) is 5.60. The topological polar surface area (TPSA) is 43.4 Å². The average molecular weight is 294 g/mol. The number of benzene rings is 2. The molecular formula is C19H18O3. The lowest BCUT2D eigenvalue weighted by molar-refractivity contribution is -0.150. The van der Waals surface area contributed by atoms with Gasteiger partial charge >= 0.3 is 5.97 Å². The molecular weight excluding hydrogens is 276 g/mol. The Morgan fingerprint density at radius 2 is 1.55 bits per heavy atom. The van der Waals surface area contributed by atoms with Crippen LogP contribution in [-0.4, -0.2) is 18.4 Å².